The molecule has 0 atom stereocenters. The van der Waals surface area contributed by atoms with E-state index in [0.29, 0.717) is 45.2 Å². The van der Waals surface area contributed by atoms with Gasteiger partial charge in [0.2, 0.25) is 0 Å². The van der Waals surface area contributed by atoms with Crippen molar-refractivity contribution in [1.82, 2.24) is 0 Å². The Morgan fingerprint density at radius 1 is 0.857 bits per heavy atom. The SMILES string of the molecule is [N-]=[N+]=NCCOCCOCCOCCOCCC(=O)c1c(F)cc(F)cc1F. The van der Waals surface area contributed by atoms with E-state index in [9.17, 15) is 18.0 Å². The van der Waals surface area contributed by atoms with Gasteiger partial charge in [-0.3, -0.25) is 4.79 Å². The number of halogens is 3. The van der Waals surface area contributed by atoms with Gasteiger partial charge in [-0.15, -0.1) is 0 Å². The molecule has 1 aromatic rings. The molecule has 0 bridgehead atoms. The van der Waals surface area contributed by atoms with E-state index in [1.807, 2.05) is 0 Å². The third-order valence-corrected chi connectivity index (χ3v) is 3.27. The number of nitrogens with zero attached hydrogens (tertiary/aromatic N) is 3. The summed E-state index contributed by atoms with van der Waals surface area (Å²) in [6, 6.07) is 0.922. The number of carbonyl (C=O) groups is 1. The predicted molar refractivity (Wildman–Crippen MR) is 92.6 cm³/mol. The molecule has 0 unspecified atom stereocenters. The highest BCUT2D eigenvalue weighted by molar-refractivity contribution is 5.96. The molecule has 0 aromatic heterocycles. The molecule has 0 saturated heterocycles. The Morgan fingerprint density at radius 2 is 1.32 bits per heavy atom. The van der Waals surface area contributed by atoms with E-state index >= 15 is 0 Å². The molecule has 156 valence electrons. The van der Waals surface area contributed by atoms with Crippen molar-refractivity contribution in [3.63, 3.8) is 0 Å². The van der Waals surface area contributed by atoms with Crippen LogP contribution in [0.1, 0.15) is 16.8 Å². The fourth-order valence-electron chi connectivity index (χ4n) is 2.01. The average molecular weight is 405 g/mol. The summed E-state index contributed by atoms with van der Waals surface area (Å²) in [5.41, 5.74) is 7.30. The average Bonchev–Trinajstić information content (AvgIpc) is 2.64. The van der Waals surface area contributed by atoms with Crippen LogP contribution in [0.25, 0.3) is 10.4 Å². The van der Waals surface area contributed by atoms with Gasteiger partial charge in [0.25, 0.3) is 0 Å². The fraction of sp³-hybridized carbons (Fsp3) is 0.588. The Labute approximate surface area is 160 Å². The molecule has 1 rings (SSSR count). The van der Waals surface area contributed by atoms with Crippen molar-refractivity contribution < 1.29 is 36.9 Å². The minimum absolute atomic E-state index is 0.0395. The lowest BCUT2D eigenvalue weighted by Gasteiger charge is -2.07. The van der Waals surface area contributed by atoms with Crippen LogP contribution in [0.15, 0.2) is 17.2 Å². The highest BCUT2D eigenvalue weighted by Gasteiger charge is 2.18. The quantitative estimate of drug-likeness (QED) is 0.138. The van der Waals surface area contributed by atoms with Crippen molar-refractivity contribution in [1.29, 1.82) is 0 Å². The molecule has 0 aliphatic carbocycles. The van der Waals surface area contributed by atoms with Crippen LogP contribution in [-0.2, 0) is 18.9 Å². The van der Waals surface area contributed by atoms with E-state index in [-0.39, 0.29) is 32.8 Å². The summed E-state index contributed by atoms with van der Waals surface area (Å²) < 4.78 is 60.5. The number of carbonyl (C=O) groups excluding carboxylic acids is 1. The molecule has 0 spiro atoms. The van der Waals surface area contributed by atoms with Crippen molar-refractivity contribution in [2.75, 3.05) is 59.4 Å². The van der Waals surface area contributed by atoms with E-state index < -0.39 is 28.8 Å². The van der Waals surface area contributed by atoms with Crippen LogP contribution in [0.5, 0.6) is 0 Å². The third-order valence-electron chi connectivity index (χ3n) is 3.27. The number of azide groups is 1. The maximum atomic E-state index is 13.5. The van der Waals surface area contributed by atoms with Crippen LogP contribution in [0.3, 0.4) is 0 Å². The van der Waals surface area contributed by atoms with Gasteiger partial charge in [0.05, 0.1) is 58.4 Å². The number of ketones is 1. The fourth-order valence-corrected chi connectivity index (χ4v) is 2.01. The van der Waals surface area contributed by atoms with Crippen LogP contribution in [0, 0.1) is 17.5 Å². The minimum atomic E-state index is -1.23. The van der Waals surface area contributed by atoms with Crippen molar-refractivity contribution in [3.8, 4) is 0 Å². The first-order valence-electron chi connectivity index (χ1n) is 8.55. The Morgan fingerprint density at radius 3 is 1.82 bits per heavy atom. The summed E-state index contributed by atoms with van der Waals surface area (Å²) in [6.45, 7) is 2.51. The zero-order chi connectivity index (χ0) is 20.6. The van der Waals surface area contributed by atoms with Crippen molar-refractivity contribution >= 4 is 5.78 Å². The molecule has 0 aliphatic heterocycles. The lowest BCUT2D eigenvalue weighted by Crippen LogP contribution is -2.14. The zero-order valence-electron chi connectivity index (χ0n) is 15.2. The second kappa shape index (κ2) is 14.8. The summed E-state index contributed by atoms with van der Waals surface area (Å²) >= 11 is 0. The Kier molecular flexibility index (Phi) is 12.6. The van der Waals surface area contributed by atoms with Crippen molar-refractivity contribution in [2.24, 2.45) is 5.11 Å². The Hall–Kier alpha value is -2.17. The molecule has 28 heavy (non-hydrogen) atoms. The molecule has 0 amide bonds. The number of rotatable bonds is 16. The lowest BCUT2D eigenvalue weighted by molar-refractivity contribution is -0.000953. The maximum Gasteiger partial charge on any atom is 0.171 e. The van der Waals surface area contributed by atoms with Gasteiger partial charge in [0, 0.05) is 30.0 Å². The molecule has 1 aromatic carbocycles. The first-order chi connectivity index (χ1) is 13.6. The maximum absolute atomic E-state index is 13.5. The van der Waals surface area contributed by atoms with Gasteiger partial charge in [-0.1, -0.05) is 5.11 Å². The van der Waals surface area contributed by atoms with Crippen LogP contribution in [0.4, 0.5) is 13.2 Å². The number of hydrogen-bond acceptors (Lipinski definition) is 6. The minimum Gasteiger partial charge on any atom is -0.379 e. The summed E-state index contributed by atoms with van der Waals surface area (Å²) in [6.07, 6.45) is -0.234. The molecule has 0 N–H and O–H groups in total. The van der Waals surface area contributed by atoms with Gasteiger partial charge in [-0.25, -0.2) is 13.2 Å². The number of Topliss-reactive ketones (excluding diaryl/α,β-unsaturated/α-hetero) is 1. The van der Waals surface area contributed by atoms with Gasteiger partial charge in [-0.2, -0.15) is 0 Å². The molecular weight excluding hydrogens is 383 g/mol. The number of ether oxygens (including phenoxy) is 4. The van der Waals surface area contributed by atoms with Gasteiger partial charge in [-0.05, 0) is 5.53 Å². The summed E-state index contributed by atoms with van der Waals surface area (Å²) in [7, 11) is 0. The van der Waals surface area contributed by atoms with Gasteiger partial charge < -0.3 is 18.9 Å². The van der Waals surface area contributed by atoms with Crippen molar-refractivity contribution in [3.05, 3.63) is 45.6 Å². The van der Waals surface area contributed by atoms with Crippen LogP contribution in [-0.4, -0.2) is 65.2 Å². The Bertz CT molecular complexity index is 634. The predicted octanol–water partition coefficient (Wildman–Crippen LogP) is 3.05. The van der Waals surface area contributed by atoms with Crippen LogP contribution >= 0.6 is 0 Å². The summed E-state index contributed by atoms with van der Waals surface area (Å²) in [5.74, 6) is -4.34. The molecule has 0 saturated carbocycles. The highest BCUT2D eigenvalue weighted by Crippen LogP contribution is 2.16. The second-order valence-corrected chi connectivity index (χ2v) is 5.32. The van der Waals surface area contributed by atoms with Gasteiger partial charge in [0.15, 0.2) is 5.78 Å². The van der Waals surface area contributed by atoms with Crippen LogP contribution in [0.2, 0.25) is 0 Å². The summed E-state index contributed by atoms with van der Waals surface area (Å²) in [4.78, 5) is 14.4. The zero-order valence-corrected chi connectivity index (χ0v) is 15.2. The molecule has 0 radical (unpaired) electrons. The topological polar surface area (TPSA) is 103 Å². The smallest absolute Gasteiger partial charge is 0.171 e. The molecule has 8 nitrogen and oxygen atoms in total. The highest BCUT2D eigenvalue weighted by atomic mass is 19.1. The number of hydrogen-bond donors (Lipinski definition) is 0. The van der Waals surface area contributed by atoms with Gasteiger partial charge in [0.1, 0.15) is 17.5 Å². The van der Waals surface area contributed by atoms with E-state index in [0.717, 1.165) is 0 Å². The molecule has 0 aliphatic rings. The summed E-state index contributed by atoms with van der Waals surface area (Å²) in [5, 5.41) is 3.31. The van der Waals surface area contributed by atoms with Crippen LogP contribution < -0.4 is 0 Å². The normalized spacial score (nSPS) is 10.7. The molecule has 11 heteroatoms. The van der Waals surface area contributed by atoms with E-state index in [1.54, 1.807) is 0 Å². The molecule has 0 heterocycles. The first-order valence-corrected chi connectivity index (χ1v) is 8.55. The molecular formula is C17H22F3N3O5. The van der Waals surface area contributed by atoms with E-state index in [1.165, 1.54) is 0 Å². The molecule has 0 fully saturated rings. The second-order valence-electron chi connectivity index (χ2n) is 5.32. The lowest BCUT2D eigenvalue weighted by atomic mass is 10.1. The monoisotopic (exact) mass is 405 g/mol. The van der Waals surface area contributed by atoms with Gasteiger partial charge >= 0.3 is 0 Å². The van der Waals surface area contributed by atoms with Crippen molar-refractivity contribution in [2.45, 2.75) is 6.42 Å². The number of benzene rings is 1. The largest absolute Gasteiger partial charge is 0.379 e. The van der Waals surface area contributed by atoms with E-state index in [4.69, 9.17) is 24.5 Å². The third kappa shape index (κ3) is 10.2. The first kappa shape index (κ1) is 23.9. The van der Waals surface area contributed by atoms with E-state index in [2.05, 4.69) is 10.0 Å². The standard InChI is InChI=1S/C17H22F3N3O5/c18-13-11-14(19)17(15(20)12-13)16(24)1-3-25-5-7-27-9-10-28-8-6-26-4-2-22-23-21/h11-12H,1-10H2. The Balaban J connectivity index is 1.97.